The summed E-state index contributed by atoms with van der Waals surface area (Å²) < 4.78 is 2.11. The molecule has 0 saturated carbocycles. The lowest BCUT2D eigenvalue weighted by Crippen LogP contribution is -1.95. The fourth-order valence-corrected chi connectivity index (χ4v) is 2.55. The Morgan fingerprint density at radius 1 is 1.17 bits per heavy atom. The van der Waals surface area contributed by atoms with Crippen molar-refractivity contribution in [1.29, 1.82) is 0 Å². The van der Waals surface area contributed by atoms with Gasteiger partial charge in [0.25, 0.3) is 0 Å². The molecular formula is C19H18N4S. The number of nitrogens with zero attached hydrogens (tertiary/aromatic N) is 3. The minimum atomic E-state index is 0.468. The maximum Gasteiger partial charge on any atom is 0.216 e. The molecule has 0 amide bonds. The van der Waals surface area contributed by atoms with Gasteiger partial charge in [-0.15, -0.1) is 0 Å². The Bertz CT molecular complexity index is 949. The van der Waals surface area contributed by atoms with Crippen LogP contribution in [0.1, 0.15) is 18.1 Å². The predicted molar refractivity (Wildman–Crippen MR) is 102 cm³/mol. The van der Waals surface area contributed by atoms with Crippen LogP contribution in [-0.2, 0) is 0 Å². The maximum absolute atomic E-state index is 5.30. The van der Waals surface area contributed by atoms with E-state index in [0.717, 1.165) is 22.3 Å². The molecule has 4 nitrogen and oxygen atoms in total. The van der Waals surface area contributed by atoms with E-state index in [1.165, 1.54) is 0 Å². The summed E-state index contributed by atoms with van der Waals surface area (Å²) in [6, 6.07) is 18.2. The highest BCUT2D eigenvalue weighted by Gasteiger charge is 2.07. The number of aromatic nitrogens is 3. The standard InChI is InChI=1S/C19H18N4S/c1-14-7-6-10-17(12-14)18-21-22-19(24)23(18)20-13-15(2)11-16-8-4-3-5-9-16/h3-13H,1-2H3,(H,22,24)/b15-11+,20-13+. The number of allylic oxidation sites excluding steroid dienone is 1. The molecule has 5 heteroatoms. The van der Waals surface area contributed by atoms with Gasteiger partial charge in [0.2, 0.25) is 4.77 Å². The number of aromatic amines is 1. The predicted octanol–water partition coefficient (Wildman–Crippen LogP) is 4.85. The molecule has 0 atom stereocenters. The largest absolute Gasteiger partial charge is 0.250 e. The van der Waals surface area contributed by atoms with Crippen LogP contribution >= 0.6 is 12.2 Å². The van der Waals surface area contributed by atoms with E-state index >= 15 is 0 Å². The summed E-state index contributed by atoms with van der Waals surface area (Å²) in [6.07, 6.45) is 3.86. The summed E-state index contributed by atoms with van der Waals surface area (Å²) in [7, 11) is 0. The molecule has 0 aliphatic rings. The minimum Gasteiger partial charge on any atom is -0.250 e. The van der Waals surface area contributed by atoms with E-state index < -0.39 is 0 Å². The topological polar surface area (TPSA) is 46.0 Å². The summed E-state index contributed by atoms with van der Waals surface area (Å²) in [4.78, 5) is 0. The third kappa shape index (κ3) is 3.75. The highest BCUT2D eigenvalue weighted by molar-refractivity contribution is 7.71. The molecule has 0 saturated heterocycles. The van der Waals surface area contributed by atoms with Crippen molar-refractivity contribution in [3.63, 3.8) is 0 Å². The summed E-state index contributed by atoms with van der Waals surface area (Å²) in [5.41, 5.74) is 4.30. The summed E-state index contributed by atoms with van der Waals surface area (Å²) in [6.45, 7) is 4.05. The molecule has 0 aliphatic carbocycles. The van der Waals surface area contributed by atoms with Gasteiger partial charge < -0.3 is 0 Å². The van der Waals surface area contributed by atoms with E-state index in [2.05, 4.69) is 39.6 Å². The van der Waals surface area contributed by atoms with Crippen LogP contribution in [0.4, 0.5) is 0 Å². The van der Waals surface area contributed by atoms with Crippen LogP contribution in [-0.4, -0.2) is 21.1 Å². The quantitative estimate of drug-likeness (QED) is 0.547. The van der Waals surface area contributed by atoms with Crippen molar-refractivity contribution in [3.05, 3.63) is 76.1 Å². The van der Waals surface area contributed by atoms with Crippen LogP contribution in [0.5, 0.6) is 0 Å². The first-order valence-corrected chi connectivity index (χ1v) is 8.06. The molecular weight excluding hydrogens is 316 g/mol. The zero-order valence-electron chi connectivity index (χ0n) is 13.6. The van der Waals surface area contributed by atoms with Gasteiger partial charge in [0.15, 0.2) is 5.82 Å². The Labute approximate surface area is 146 Å². The van der Waals surface area contributed by atoms with Crippen molar-refractivity contribution in [1.82, 2.24) is 14.9 Å². The summed E-state index contributed by atoms with van der Waals surface area (Å²) in [5, 5.41) is 11.6. The number of aryl methyl sites for hydroxylation is 1. The van der Waals surface area contributed by atoms with Crippen LogP contribution in [0.25, 0.3) is 17.5 Å². The molecule has 120 valence electrons. The van der Waals surface area contributed by atoms with E-state index in [1.807, 2.05) is 50.2 Å². The Kier molecular flexibility index (Phi) is 4.82. The Hall–Kier alpha value is -2.79. The molecule has 2 aromatic carbocycles. The van der Waals surface area contributed by atoms with Crippen LogP contribution < -0.4 is 0 Å². The fraction of sp³-hybridized carbons (Fsp3) is 0.105. The van der Waals surface area contributed by atoms with Crippen molar-refractivity contribution in [2.24, 2.45) is 5.10 Å². The Morgan fingerprint density at radius 3 is 2.71 bits per heavy atom. The monoisotopic (exact) mass is 334 g/mol. The van der Waals surface area contributed by atoms with Gasteiger partial charge in [-0.1, -0.05) is 60.2 Å². The number of hydrogen-bond donors (Lipinski definition) is 1. The van der Waals surface area contributed by atoms with Gasteiger partial charge in [-0.3, -0.25) is 0 Å². The van der Waals surface area contributed by atoms with Gasteiger partial charge >= 0.3 is 0 Å². The molecule has 1 N–H and O–H groups in total. The normalized spacial score (nSPS) is 12.0. The fourth-order valence-electron chi connectivity index (χ4n) is 2.37. The van der Waals surface area contributed by atoms with Crippen LogP contribution in [0.3, 0.4) is 0 Å². The molecule has 3 aromatic rings. The smallest absolute Gasteiger partial charge is 0.216 e. The molecule has 24 heavy (non-hydrogen) atoms. The number of nitrogens with one attached hydrogen (secondary N) is 1. The maximum atomic E-state index is 5.30. The van der Waals surface area contributed by atoms with Crippen molar-refractivity contribution in [2.45, 2.75) is 13.8 Å². The van der Waals surface area contributed by atoms with Crippen LogP contribution in [0, 0.1) is 11.7 Å². The van der Waals surface area contributed by atoms with E-state index in [9.17, 15) is 0 Å². The minimum absolute atomic E-state index is 0.468. The molecule has 0 unspecified atom stereocenters. The Morgan fingerprint density at radius 2 is 1.96 bits per heavy atom. The lowest BCUT2D eigenvalue weighted by Gasteiger charge is -2.02. The van der Waals surface area contributed by atoms with Gasteiger partial charge in [0.1, 0.15) is 0 Å². The zero-order chi connectivity index (χ0) is 16.9. The number of benzene rings is 2. The van der Waals surface area contributed by atoms with Crippen LogP contribution in [0.2, 0.25) is 0 Å². The Balaban J connectivity index is 1.92. The third-order valence-corrected chi connectivity index (χ3v) is 3.76. The zero-order valence-corrected chi connectivity index (χ0v) is 14.4. The van der Waals surface area contributed by atoms with E-state index in [1.54, 1.807) is 10.9 Å². The van der Waals surface area contributed by atoms with E-state index in [-0.39, 0.29) is 0 Å². The second-order valence-electron chi connectivity index (χ2n) is 5.58. The van der Waals surface area contributed by atoms with Gasteiger partial charge in [0, 0.05) is 5.56 Å². The first-order chi connectivity index (χ1) is 11.6. The molecule has 1 heterocycles. The molecule has 0 spiro atoms. The second-order valence-corrected chi connectivity index (χ2v) is 5.96. The molecule has 1 aromatic heterocycles. The SMILES string of the molecule is CC(/C=N/n1c(-c2cccc(C)c2)n[nH]c1=S)=C\c1ccccc1. The van der Waals surface area contributed by atoms with E-state index in [4.69, 9.17) is 12.2 Å². The van der Waals surface area contributed by atoms with Gasteiger partial charge in [-0.05, 0) is 43.3 Å². The van der Waals surface area contributed by atoms with Crippen molar-refractivity contribution in [3.8, 4) is 11.4 Å². The number of hydrogen-bond acceptors (Lipinski definition) is 3. The van der Waals surface area contributed by atoms with Crippen molar-refractivity contribution >= 4 is 24.5 Å². The number of rotatable bonds is 4. The summed E-state index contributed by atoms with van der Waals surface area (Å²) >= 11 is 5.30. The van der Waals surface area contributed by atoms with Crippen molar-refractivity contribution < 1.29 is 0 Å². The second kappa shape index (κ2) is 7.19. The highest BCUT2D eigenvalue weighted by atomic mass is 32.1. The van der Waals surface area contributed by atoms with Gasteiger partial charge in [-0.25, -0.2) is 5.10 Å². The number of H-pyrrole nitrogens is 1. The lowest BCUT2D eigenvalue weighted by atomic mass is 10.1. The first kappa shape index (κ1) is 16.1. The first-order valence-electron chi connectivity index (χ1n) is 7.65. The molecule has 0 bridgehead atoms. The third-order valence-electron chi connectivity index (χ3n) is 3.50. The molecule has 3 rings (SSSR count). The molecule has 0 fully saturated rings. The molecule has 0 radical (unpaired) electrons. The van der Waals surface area contributed by atoms with Crippen molar-refractivity contribution in [2.75, 3.05) is 0 Å². The highest BCUT2D eigenvalue weighted by Crippen LogP contribution is 2.18. The van der Waals surface area contributed by atoms with E-state index in [0.29, 0.717) is 10.6 Å². The summed E-state index contributed by atoms with van der Waals surface area (Å²) in [5.74, 6) is 0.701. The van der Waals surface area contributed by atoms with Gasteiger partial charge in [0.05, 0.1) is 6.21 Å². The average molecular weight is 334 g/mol. The average Bonchev–Trinajstić information content (AvgIpc) is 2.95. The van der Waals surface area contributed by atoms with Gasteiger partial charge in [-0.2, -0.15) is 14.9 Å². The molecule has 0 aliphatic heterocycles. The van der Waals surface area contributed by atoms with Crippen LogP contribution in [0.15, 0.2) is 65.3 Å². The lowest BCUT2D eigenvalue weighted by molar-refractivity contribution is 0.871.